The molecular formula is C22H29N3O3S. The molecule has 156 valence electrons. The summed E-state index contributed by atoms with van der Waals surface area (Å²) in [6, 6.07) is 6.00. The summed E-state index contributed by atoms with van der Waals surface area (Å²) < 4.78 is 13.5. The first-order chi connectivity index (χ1) is 14.1. The maximum Gasteiger partial charge on any atom is 0.235 e. The van der Waals surface area contributed by atoms with Crippen LogP contribution in [-0.2, 0) is 11.3 Å². The van der Waals surface area contributed by atoms with E-state index in [1.54, 1.807) is 11.8 Å². The van der Waals surface area contributed by atoms with E-state index in [1.165, 1.54) is 0 Å². The van der Waals surface area contributed by atoms with Crippen LogP contribution in [0.3, 0.4) is 0 Å². The Hall–Kier alpha value is -2.15. The van der Waals surface area contributed by atoms with Crippen molar-refractivity contribution in [2.24, 2.45) is 5.92 Å². The van der Waals surface area contributed by atoms with Gasteiger partial charge in [-0.25, -0.2) is 4.98 Å². The number of thioether (sulfide) groups is 1. The number of imidazole rings is 1. The van der Waals surface area contributed by atoms with Crippen molar-refractivity contribution in [3.63, 3.8) is 0 Å². The van der Waals surface area contributed by atoms with Crippen LogP contribution in [0.25, 0.3) is 11.3 Å². The van der Waals surface area contributed by atoms with E-state index in [2.05, 4.69) is 23.4 Å². The summed E-state index contributed by atoms with van der Waals surface area (Å²) >= 11 is 1.55. The lowest BCUT2D eigenvalue weighted by atomic mass is 9.99. The molecule has 1 saturated heterocycles. The van der Waals surface area contributed by atoms with Crippen LogP contribution in [0.2, 0.25) is 0 Å². The minimum Gasteiger partial charge on any atom is -0.486 e. The highest BCUT2D eigenvalue weighted by atomic mass is 32.2. The van der Waals surface area contributed by atoms with Crippen LogP contribution in [0.4, 0.5) is 0 Å². The molecule has 1 amide bonds. The Bertz CT molecular complexity index is 874. The van der Waals surface area contributed by atoms with E-state index in [4.69, 9.17) is 9.47 Å². The van der Waals surface area contributed by atoms with E-state index in [0.717, 1.165) is 66.3 Å². The van der Waals surface area contributed by atoms with Gasteiger partial charge in [0.1, 0.15) is 13.2 Å². The largest absolute Gasteiger partial charge is 0.486 e. The third-order valence-electron chi connectivity index (χ3n) is 5.70. The summed E-state index contributed by atoms with van der Waals surface area (Å²) in [5.74, 6) is 2.49. The molecule has 29 heavy (non-hydrogen) atoms. The fraction of sp³-hybridized carbons (Fsp3) is 0.545. The second-order valence-electron chi connectivity index (χ2n) is 7.80. The highest BCUT2D eigenvalue weighted by molar-refractivity contribution is 8.00. The minimum absolute atomic E-state index is 0.149. The fourth-order valence-electron chi connectivity index (χ4n) is 3.89. The number of amides is 1. The number of aromatic nitrogens is 2. The molecule has 0 N–H and O–H groups in total. The first-order valence-electron chi connectivity index (χ1n) is 10.5. The Morgan fingerprint density at radius 1 is 1.24 bits per heavy atom. The molecule has 0 spiro atoms. The molecule has 4 rings (SSSR count). The van der Waals surface area contributed by atoms with E-state index < -0.39 is 0 Å². The molecule has 3 heterocycles. The molecule has 1 fully saturated rings. The molecule has 7 heteroatoms. The Morgan fingerprint density at radius 3 is 2.69 bits per heavy atom. The minimum atomic E-state index is -0.149. The Morgan fingerprint density at radius 2 is 1.97 bits per heavy atom. The normalized spacial score (nSPS) is 18.0. The van der Waals surface area contributed by atoms with E-state index in [0.29, 0.717) is 13.2 Å². The average Bonchev–Trinajstić information content (AvgIpc) is 3.15. The molecule has 6 nitrogen and oxygen atoms in total. The lowest BCUT2D eigenvalue weighted by molar-refractivity contribution is -0.131. The predicted octanol–water partition coefficient (Wildman–Crippen LogP) is 4.08. The molecule has 1 atom stereocenters. The Kier molecular flexibility index (Phi) is 6.04. The lowest BCUT2D eigenvalue weighted by Gasteiger charge is -2.32. The van der Waals surface area contributed by atoms with Crippen LogP contribution in [0.1, 0.15) is 33.6 Å². The average molecular weight is 416 g/mol. The van der Waals surface area contributed by atoms with E-state index in [-0.39, 0.29) is 11.2 Å². The van der Waals surface area contributed by atoms with Crippen LogP contribution < -0.4 is 9.47 Å². The molecular weight excluding hydrogens is 386 g/mol. The number of carbonyl (C=O) groups excluding carboxylic acids is 1. The van der Waals surface area contributed by atoms with Gasteiger partial charge in [-0.2, -0.15) is 0 Å². The molecule has 1 aromatic carbocycles. The third kappa shape index (κ3) is 4.25. The molecule has 0 bridgehead atoms. The number of hydrogen-bond donors (Lipinski definition) is 0. The zero-order chi connectivity index (χ0) is 20.4. The van der Waals surface area contributed by atoms with Gasteiger partial charge in [-0.15, -0.1) is 0 Å². The summed E-state index contributed by atoms with van der Waals surface area (Å²) in [6.07, 6.45) is 4.08. The predicted molar refractivity (Wildman–Crippen MR) is 115 cm³/mol. The highest BCUT2D eigenvalue weighted by Gasteiger charge is 2.26. The van der Waals surface area contributed by atoms with Crippen molar-refractivity contribution >= 4 is 17.7 Å². The maximum absolute atomic E-state index is 12.9. The van der Waals surface area contributed by atoms with E-state index in [1.807, 2.05) is 36.2 Å². The third-order valence-corrected chi connectivity index (χ3v) is 6.79. The number of ether oxygens (including phenoxy) is 2. The standard InChI is InChI=1S/C22H29N3O3S/c1-4-25-18(17-5-6-19-20(13-17)28-12-11-27-19)14-23-22(25)29-16(3)21(26)24-9-7-15(2)8-10-24/h5-6,13-16H,4,7-12H2,1-3H3. The first kappa shape index (κ1) is 20.1. The van der Waals surface area contributed by atoms with Gasteiger partial charge in [-0.1, -0.05) is 18.7 Å². The van der Waals surface area contributed by atoms with Gasteiger partial charge in [0.2, 0.25) is 5.91 Å². The van der Waals surface area contributed by atoms with Gasteiger partial charge in [0.15, 0.2) is 16.7 Å². The molecule has 1 aromatic heterocycles. The smallest absolute Gasteiger partial charge is 0.235 e. The number of rotatable bonds is 5. The van der Waals surface area contributed by atoms with Crippen molar-refractivity contribution in [3.05, 3.63) is 24.4 Å². The van der Waals surface area contributed by atoms with Crippen molar-refractivity contribution < 1.29 is 14.3 Å². The van der Waals surface area contributed by atoms with Crippen LogP contribution in [-0.4, -0.2) is 51.9 Å². The Labute approximate surface area is 176 Å². The molecule has 2 aromatic rings. The Balaban J connectivity index is 1.51. The number of carbonyl (C=O) groups is 1. The number of benzene rings is 1. The lowest BCUT2D eigenvalue weighted by Crippen LogP contribution is -2.41. The number of fused-ring (bicyclic) bond motifs is 1. The molecule has 0 aliphatic carbocycles. The van der Waals surface area contributed by atoms with Gasteiger partial charge in [0.05, 0.1) is 17.1 Å². The number of nitrogens with zero attached hydrogens (tertiary/aromatic N) is 3. The number of hydrogen-bond acceptors (Lipinski definition) is 5. The van der Waals surface area contributed by atoms with Crippen molar-refractivity contribution in [2.45, 2.75) is 50.6 Å². The molecule has 0 radical (unpaired) electrons. The molecule has 2 aliphatic rings. The SMILES string of the molecule is CCn1c(-c2ccc3c(c2)OCCO3)cnc1SC(C)C(=O)N1CCC(C)CC1. The zero-order valence-corrected chi connectivity index (χ0v) is 18.2. The van der Waals surface area contributed by atoms with Crippen LogP contribution in [0, 0.1) is 5.92 Å². The zero-order valence-electron chi connectivity index (χ0n) is 17.4. The molecule has 0 saturated carbocycles. The van der Waals surface area contributed by atoms with Crippen molar-refractivity contribution in [2.75, 3.05) is 26.3 Å². The van der Waals surface area contributed by atoms with Crippen molar-refractivity contribution in [1.29, 1.82) is 0 Å². The van der Waals surface area contributed by atoms with Gasteiger partial charge >= 0.3 is 0 Å². The second-order valence-corrected chi connectivity index (χ2v) is 9.10. The summed E-state index contributed by atoms with van der Waals surface area (Å²) in [5, 5.41) is 0.729. The summed E-state index contributed by atoms with van der Waals surface area (Å²) in [6.45, 7) is 10.0. The fourth-order valence-corrected chi connectivity index (χ4v) is 4.92. The summed E-state index contributed by atoms with van der Waals surface area (Å²) in [7, 11) is 0. The van der Waals surface area contributed by atoms with Crippen molar-refractivity contribution in [3.8, 4) is 22.8 Å². The van der Waals surface area contributed by atoms with Crippen LogP contribution >= 0.6 is 11.8 Å². The van der Waals surface area contributed by atoms with Gasteiger partial charge in [0, 0.05) is 25.2 Å². The van der Waals surface area contributed by atoms with Gasteiger partial charge in [0.25, 0.3) is 0 Å². The molecule has 2 aliphatic heterocycles. The monoisotopic (exact) mass is 415 g/mol. The topological polar surface area (TPSA) is 56.6 Å². The summed E-state index contributed by atoms with van der Waals surface area (Å²) in [4.78, 5) is 19.5. The van der Waals surface area contributed by atoms with Gasteiger partial charge < -0.3 is 18.9 Å². The van der Waals surface area contributed by atoms with Crippen LogP contribution in [0.5, 0.6) is 11.5 Å². The quantitative estimate of drug-likeness (QED) is 0.689. The first-order valence-corrected chi connectivity index (χ1v) is 11.4. The second kappa shape index (κ2) is 8.69. The van der Waals surface area contributed by atoms with Gasteiger partial charge in [-0.05, 0) is 50.8 Å². The van der Waals surface area contributed by atoms with Crippen molar-refractivity contribution in [1.82, 2.24) is 14.5 Å². The van der Waals surface area contributed by atoms with E-state index in [9.17, 15) is 4.79 Å². The van der Waals surface area contributed by atoms with Gasteiger partial charge in [-0.3, -0.25) is 4.79 Å². The van der Waals surface area contributed by atoms with E-state index >= 15 is 0 Å². The number of likely N-dealkylation sites (tertiary alicyclic amines) is 1. The molecule has 1 unspecified atom stereocenters. The maximum atomic E-state index is 12.9. The highest BCUT2D eigenvalue weighted by Crippen LogP contribution is 2.36. The number of piperidine rings is 1. The summed E-state index contributed by atoms with van der Waals surface area (Å²) in [5.41, 5.74) is 2.07. The van der Waals surface area contributed by atoms with Crippen LogP contribution in [0.15, 0.2) is 29.6 Å².